The Balaban J connectivity index is 2.13. The van der Waals surface area contributed by atoms with Gasteiger partial charge in [0.1, 0.15) is 5.69 Å². The van der Waals surface area contributed by atoms with E-state index in [1.54, 1.807) is 6.92 Å². The van der Waals surface area contributed by atoms with Gasteiger partial charge in [0.25, 0.3) is 5.91 Å². The van der Waals surface area contributed by atoms with E-state index in [2.05, 4.69) is 10.3 Å². The highest BCUT2D eigenvalue weighted by atomic mass is 32.2. The molecular weight excluding hydrogens is 259 g/mol. The van der Waals surface area contributed by atoms with Crippen molar-refractivity contribution in [1.29, 1.82) is 0 Å². The molecule has 0 bridgehead atoms. The number of amides is 1. The molecule has 1 unspecified atom stereocenters. The number of aromatic nitrogens is 1. The fourth-order valence-corrected chi connectivity index (χ4v) is 4.08. The van der Waals surface area contributed by atoms with Crippen molar-refractivity contribution in [2.45, 2.75) is 18.9 Å². The molecule has 1 aliphatic heterocycles. The molecule has 2 heterocycles. The van der Waals surface area contributed by atoms with E-state index >= 15 is 0 Å². The number of pyridine rings is 1. The zero-order valence-electron chi connectivity index (χ0n) is 9.81. The first-order valence-corrected chi connectivity index (χ1v) is 7.27. The molecule has 98 valence electrons. The van der Waals surface area contributed by atoms with Gasteiger partial charge in [-0.1, -0.05) is 6.07 Å². The Morgan fingerprint density at radius 1 is 1.50 bits per heavy atom. The van der Waals surface area contributed by atoms with E-state index in [0.29, 0.717) is 6.42 Å². The normalized spacial score (nSPS) is 25.9. The Hall–Kier alpha value is -1.50. The standard InChI is InChI=1S/C11H13FN2O3S/c1-11(5-6-18(16,17)7-11)14-10(15)8-3-2-4-9(12)13-8/h2-4H,5-7H2,1H3,(H,14,15). The molecule has 1 aromatic rings. The van der Waals surface area contributed by atoms with Gasteiger partial charge in [-0.3, -0.25) is 4.79 Å². The summed E-state index contributed by atoms with van der Waals surface area (Å²) in [5.74, 6) is -1.34. The zero-order valence-corrected chi connectivity index (χ0v) is 10.6. The van der Waals surface area contributed by atoms with E-state index in [9.17, 15) is 17.6 Å². The maximum Gasteiger partial charge on any atom is 0.270 e. The van der Waals surface area contributed by atoms with Crippen LogP contribution in [0.5, 0.6) is 0 Å². The lowest BCUT2D eigenvalue weighted by Gasteiger charge is -2.23. The van der Waals surface area contributed by atoms with Crippen LogP contribution in [0.3, 0.4) is 0 Å². The van der Waals surface area contributed by atoms with Crippen LogP contribution in [0.25, 0.3) is 0 Å². The summed E-state index contributed by atoms with van der Waals surface area (Å²) in [6, 6.07) is 3.90. The van der Waals surface area contributed by atoms with Crippen molar-refractivity contribution in [2.24, 2.45) is 0 Å². The molecule has 0 aliphatic carbocycles. The first kappa shape index (κ1) is 12.9. The highest BCUT2D eigenvalue weighted by molar-refractivity contribution is 7.91. The van der Waals surface area contributed by atoms with Crippen molar-refractivity contribution in [1.82, 2.24) is 10.3 Å². The summed E-state index contributed by atoms with van der Waals surface area (Å²) in [7, 11) is -3.10. The van der Waals surface area contributed by atoms with Gasteiger partial charge in [0.2, 0.25) is 5.95 Å². The molecule has 1 fully saturated rings. The number of carbonyl (C=O) groups is 1. The predicted molar refractivity (Wildman–Crippen MR) is 63.3 cm³/mol. The topological polar surface area (TPSA) is 76.1 Å². The molecule has 2 rings (SSSR count). The summed E-state index contributed by atoms with van der Waals surface area (Å²) < 4.78 is 35.7. The molecule has 7 heteroatoms. The molecule has 1 aliphatic rings. The largest absolute Gasteiger partial charge is 0.344 e. The van der Waals surface area contributed by atoms with E-state index in [4.69, 9.17) is 0 Å². The summed E-state index contributed by atoms with van der Waals surface area (Å²) in [4.78, 5) is 15.3. The zero-order chi connectivity index (χ0) is 13.4. The lowest BCUT2D eigenvalue weighted by Crippen LogP contribution is -2.47. The fourth-order valence-electron chi connectivity index (χ4n) is 1.98. The lowest BCUT2D eigenvalue weighted by molar-refractivity contribution is 0.0909. The van der Waals surface area contributed by atoms with Gasteiger partial charge in [-0.25, -0.2) is 13.4 Å². The number of halogens is 1. The monoisotopic (exact) mass is 272 g/mol. The number of sulfone groups is 1. The van der Waals surface area contributed by atoms with Gasteiger partial charge in [-0.05, 0) is 25.5 Å². The van der Waals surface area contributed by atoms with E-state index in [1.165, 1.54) is 12.1 Å². The summed E-state index contributed by atoms with van der Waals surface area (Å²) in [6.45, 7) is 1.66. The van der Waals surface area contributed by atoms with Gasteiger partial charge >= 0.3 is 0 Å². The first-order chi connectivity index (χ1) is 8.30. The van der Waals surface area contributed by atoms with Crippen LogP contribution in [0.4, 0.5) is 4.39 Å². The summed E-state index contributed by atoms with van der Waals surface area (Å²) in [5.41, 5.74) is -0.857. The molecule has 1 saturated heterocycles. The maximum atomic E-state index is 12.9. The van der Waals surface area contributed by atoms with Crippen LogP contribution in [0.2, 0.25) is 0 Å². The van der Waals surface area contributed by atoms with Gasteiger partial charge in [0.05, 0.1) is 17.0 Å². The third kappa shape index (κ3) is 2.84. The minimum atomic E-state index is -3.10. The second kappa shape index (κ2) is 4.31. The van der Waals surface area contributed by atoms with Crippen molar-refractivity contribution < 1.29 is 17.6 Å². The number of nitrogens with zero attached hydrogens (tertiary/aromatic N) is 1. The minimum Gasteiger partial charge on any atom is -0.344 e. The Kier molecular flexibility index (Phi) is 3.10. The van der Waals surface area contributed by atoms with Crippen molar-refractivity contribution in [2.75, 3.05) is 11.5 Å². The first-order valence-electron chi connectivity index (χ1n) is 5.45. The van der Waals surface area contributed by atoms with Crippen LogP contribution < -0.4 is 5.32 Å². The van der Waals surface area contributed by atoms with Gasteiger partial charge in [0, 0.05) is 0 Å². The van der Waals surface area contributed by atoms with Crippen LogP contribution in [-0.4, -0.2) is 36.4 Å². The molecule has 1 atom stereocenters. The van der Waals surface area contributed by atoms with Crippen LogP contribution >= 0.6 is 0 Å². The molecule has 18 heavy (non-hydrogen) atoms. The lowest BCUT2D eigenvalue weighted by atomic mass is 10.0. The molecule has 1 amide bonds. The quantitative estimate of drug-likeness (QED) is 0.797. The van der Waals surface area contributed by atoms with E-state index in [0.717, 1.165) is 6.07 Å². The molecule has 0 radical (unpaired) electrons. The van der Waals surface area contributed by atoms with E-state index < -0.39 is 27.2 Å². The number of hydrogen-bond acceptors (Lipinski definition) is 4. The number of rotatable bonds is 2. The summed E-state index contributed by atoms with van der Waals surface area (Å²) in [5, 5.41) is 2.61. The van der Waals surface area contributed by atoms with Gasteiger partial charge in [-0.15, -0.1) is 0 Å². The Labute approximate surface area is 104 Å². The third-order valence-electron chi connectivity index (χ3n) is 2.87. The third-order valence-corrected chi connectivity index (χ3v) is 4.77. The van der Waals surface area contributed by atoms with Crippen LogP contribution in [0.15, 0.2) is 18.2 Å². The number of carbonyl (C=O) groups excluding carboxylic acids is 1. The second-order valence-electron chi connectivity index (χ2n) is 4.70. The molecule has 1 N–H and O–H groups in total. The molecule has 5 nitrogen and oxygen atoms in total. The highest BCUT2D eigenvalue weighted by Gasteiger charge is 2.39. The van der Waals surface area contributed by atoms with Crippen LogP contribution in [0, 0.1) is 5.95 Å². The number of nitrogens with one attached hydrogen (secondary N) is 1. The van der Waals surface area contributed by atoms with Gasteiger partial charge in [0.15, 0.2) is 9.84 Å². The average molecular weight is 272 g/mol. The van der Waals surface area contributed by atoms with E-state index in [1.807, 2.05) is 0 Å². The SMILES string of the molecule is CC1(NC(=O)c2cccc(F)n2)CCS(=O)(=O)C1. The van der Waals surface area contributed by atoms with Gasteiger partial charge in [-0.2, -0.15) is 4.39 Å². The Morgan fingerprint density at radius 3 is 2.78 bits per heavy atom. The predicted octanol–water partition coefficient (Wildman–Crippen LogP) is 0.528. The molecule has 1 aromatic heterocycles. The molecule has 0 aromatic carbocycles. The maximum absolute atomic E-state index is 12.9. The smallest absolute Gasteiger partial charge is 0.270 e. The van der Waals surface area contributed by atoms with Gasteiger partial charge < -0.3 is 5.32 Å². The second-order valence-corrected chi connectivity index (χ2v) is 6.89. The molecule has 0 spiro atoms. The van der Waals surface area contributed by atoms with Crippen molar-refractivity contribution in [3.05, 3.63) is 29.8 Å². The summed E-state index contributed by atoms with van der Waals surface area (Å²) in [6.07, 6.45) is 0.358. The van der Waals surface area contributed by atoms with Crippen molar-refractivity contribution in [3.63, 3.8) is 0 Å². The fraction of sp³-hybridized carbons (Fsp3) is 0.455. The minimum absolute atomic E-state index is 0.0551. The van der Waals surface area contributed by atoms with Crippen molar-refractivity contribution >= 4 is 15.7 Å². The molecular formula is C11H13FN2O3S. The highest BCUT2D eigenvalue weighted by Crippen LogP contribution is 2.23. The average Bonchev–Trinajstić information content (AvgIpc) is 2.52. The summed E-state index contributed by atoms with van der Waals surface area (Å²) >= 11 is 0. The van der Waals surface area contributed by atoms with Crippen molar-refractivity contribution in [3.8, 4) is 0 Å². The van der Waals surface area contributed by atoms with E-state index in [-0.39, 0.29) is 17.2 Å². The Morgan fingerprint density at radius 2 is 2.22 bits per heavy atom. The Bertz CT molecular complexity index is 588. The van der Waals surface area contributed by atoms with Crippen LogP contribution in [0.1, 0.15) is 23.8 Å². The molecule has 0 saturated carbocycles. The number of hydrogen-bond donors (Lipinski definition) is 1. The van der Waals surface area contributed by atoms with Crippen LogP contribution in [-0.2, 0) is 9.84 Å².